The molecule has 0 unspecified atom stereocenters. The molecule has 22 heavy (non-hydrogen) atoms. The zero-order chi connectivity index (χ0) is 16.3. The average Bonchev–Trinajstić information content (AvgIpc) is 2.36. The lowest BCUT2D eigenvalue weighted by atomic mass is 10.2. The van der Waals surface area contributed by atoms with Gasteiger partial charge in [0.15, 0.2) is 0 Å². The molecule has 1 amide bonds. The Morgan fingerprint density at radius 1 is 1.05 bits per heavy atom. The minimum atomic E-state index is -2.01. The quantitative estimate of drug-likeness (QED) is 0.808. The first-order chi connectivity index (χ1) is 10.2. The maximum absolute atomic E-state index is 11.6. The Kier molecular flexibility index (Phi) is 5.11. The summed E-state index contributed by atoms with van der Waals surface area (Å²) in [6.07, 6.45) is 0. The van der Waals surface area contributed by atoms with Gasteiger partial charge in [0.05, 0.1) is 0 Å². The van der Waals surface area contributed by atoms with Crippen molar-refractivity contribution in [2.75, 3.05) is 10.6 Å². The van der Waals surface area contributed by atoms with Gasteiger partial charge in [-0.2, -0.15) is 0 Å². The van der Waals surface area contributed by atoms with Crippen LogP contribution in [0.25, 0.3) is 0 Å². The molecule has 0 spiro atoms. The molecule has 2 aromatic rings. The minimum absolute atomic E-state index is 0.474. The number of hydrogen-bond donors (Lipinski definition) is 2. The predicted octanol–water partition coefficient (Wildman–Crippen LogP) is 4.15. The predicted molar refractivity (Wildman–Crippen MR) is 90.2 cm³/mol. The summed E-state index contributed by atoms with van der Waals surface area (Å²) in [5.74, 6) is -0.250. The average molecular weight is 360 g/mol. The summed E-state index contributed by atoms with van der Waals surface area (Å²) in [6, 6.07) is 8.81. The van der Waals surface area contributed by atoms with Crippen LogP contribution in [0.3, 0.4) is 0 Å². The highest BCUT2D eigenvalue weighted by molar-refractivity contribution is 6.76. The number of alkyl halides is 3. The summed E-state index contributed by atoms with van der Waals surface area (Å²) in [5, 5.41) is 5.58. The number of nitrogens with zero attached hydrogens (tertiary/aromatic N) is 2. The number of carbonyl (C=O) groups is 1. The molecule has 2 rings (SSSR count). The maximum Gasteiger partial charge on any atom is 0.276 e. The number of amides is 1. The number of hydrogen-bond acceptors (Lipinski definition) is 4. The van der Waals surface area contributed by atoms with E-state index in [1.807, 2.05) is 26.0 Å². The standard InChI is InChI=1S/C14H13Cl3N4O/c1-8-6-9(2)19-13(18-8)21-11-5-3-4-10(7-11)20-12(22)14(15,16)17/h3-7H,1-2H3,(H,20,22)(H,18,19,21). The zero-order valence-electron chi connectivity index (χ0n) is 11.8. The Labute approximate surface area is 143 Å². The first kappa shape index (κ1) is 16.8. The van der Waals surface area contributed by atoms with Gasteiger partial charge >= 0.3 is 0 Å². The van der Waals surface area contributed by atoms with Crippen LogP contribution in [-0.4, -0.2) is 19.7 Å². The van der Waals surface area contributed by atoms with Crippen molar-refractivity contribution in [1.29, 1.82) is 0 Å². The Bertz CT molecular complexity index is 680. The fourth-order valence-electron chi connectivity index (χ4n) is 1.79. The van der Waals surface area contributed by atoms with Crippen molar-refractivity contribution in [3.05, 3.63) is 41.7 Å². The van der Waals surface area contributed by atoms with Crippen LogP contribution in [0.2, 0.25) is 0 Å². The number of aryl methyl sites for hydroxylation is 2. The summed E-state index contributed by atoms with van der Waals surface area (Å²) < 4.78 is -2.01. The number of anilines is 3. The third kappa shape index (κ3) is 4.73. The minimum Gasteiger partial charge on any atom is -0.324 e. The van der Waals surface area contributed by atoms with Gasteiger partial charge in [-0.25, -0.2) is 9.97 Å². The van der Waals surface area contributed by atoms with Crippen molar-refractivity contribution >= 4 is 58.0 Å². The van der Waals surface area contributed by atoms with Crippen LogP contribution in [0.4, 0.5) is 17.3 Å². The number of nitrogens with one attached hydrogen (secondary N) is 2. The summed E-state index contributed by atoms with van der Waals surface area (Å²) in [7, 11) is 0. The Morgan fingerprint density at radius 2 is 1.64 bits per heavy atom. The molecule has 0 saturated heterocycles. The molecule has 1 aromatic carbocycles. The van der Waals surface area contributed by atoms with E-state index in [1.54, 1.807) is 18.2 Å². The highest BCUT2D eigenvalue weighted by Crippen LogP contribution is 2.28. The molecular weight excluding hydrogens is 347 g/mol. The number of benzene rings is 1. The summed E-state index contributed by atoms with van der Waals surface area (Å²) in [4.78, 5) is 20.2. The van der Waals surface area contributed by atoms with Gasteiger partial charge in [0.1, 0.15) is 0 Å². The second kappa shape index (κ2) is 6.69. The van der Waals surface area contributed by atoms with Crippen LogP contribution >= 0.6 is 34.8 Å². The molecule has 0 fully saturated rings. The van der Waals surface area contributed by atoms with Crippen LogP contribution in [0.15, 0.2) is 30.3 Å². The van der Waals surface area contributed by atoms with Crippen LogP contribution < -0.4 is 10.6 Å². The summed E-state index contributed by atoms with van der Waals surface area (Å²) in [5.41, 5.74) is 2.91. The molecule has 0 aliphatic heterocycles. The van der Waals surface area contributed by atoms with Crippen LogP contribution in [0.1, 0.15) is 11.4 Å². The smallest absolute Gasteiger partial charge is 0.276 e. The van der Waals surface area contributed by atoms with Gasteiger partial charge in [-0.3, -0.25) is 4.79 Å². The largest absolute Gasteiger partial charge is 0.324 e. The highest BCUT2D eigenvalue weighted by atomic mass is 35.6. The van der Waals surface area contributed by atoms with Gasteiger partial charge in [0, 0.05) is 22.8 Å². The molecule has 0 radical (unpaired) electrons. The second-order valence-corrected chi connectivity index (χ2v) is 6.91. The fraction of sp³-hybridized carbons (Fsp3) is 0.214. The third-order valence-corrected chi connectivity index (χ3v) is 3.13. The third-order valence-electron chi connectivity index (χ3n) is 2.62. The monoisotopic (exact) mass is 358 g/mol. The first-order valence-electron chi connectivity index (χ1n) is 6.31. The lowest BCUT2D eigenvalue weighted by Gasteiger charge is -2.12. The maximum atomic E-state index is 11.6. The molecule has 0 bridgehead atoms. The van der Waals surface area contributed by atoms with Crippen LogP contribution in [0.5, 0.6) is 0 Å². The van der Waals surface area contributed by atoms with E-state index >= 15 is 0 Å². The van der Waals surface area contributed by atoms with Crippen molar-refractivity contribution in [1.82, 2.24) is 9.97 Å². The molecule has 1 aromatic heterocycles. The van der Waals surface area contributed by atoms with Gasteiger partial charge in [-0.05, 0) is 38.1 Å². The van der Waals surface area contributed by atoms with E-state index in [0.29, 0.717) is 17.3 Å². The molecule has 116 valence electrons. The van der Waals surface area contributed by atoms with Crippen LogP contribution in [-0.2, 0) is 4.79 Å². The lowest BCUT2D eigenvalue weighted by molar-refractivity contribution is -0.115. The summed E-state index contributed by atoms with van der Waals surface area (Å²) >= 11 is 16.6. The van der Waals surface area contributed by atoms with Gasteiger partial charge in [-0.15, -0.1) is 0 Å². The molecular formula is C14H13Cl3N4O. The molecule has 0 atom stereocenters. The number of rotatable bonds is 3. The fourth-order valence-corrected chi connectivity index (χ4v) is 1.93. The molecule has 2 N–H and O–H groups in total. The zero-order valence-corrected chi connectivity index (χ0v) is 14.1. The molecule has 0 aliphatic carbocycles. The highest BCUT2D eigenvalue weighted by Gasteiger charge is 2.30. The Morgan fingerprint density at radius 3 is 2.23 bits per heavy atom. The second-order valence-electron chi connectivity index (χ2n) is 4.63. The van der Waals surface area contributed by atoms with E-state index in [2.05, 4.69) is 20.6 Å². The molecule has 8 heteroatoms. The number of halogens is 3. The van der Waals surface area contributed by atoms with Crippen molar-refractivity contribution in [2.24, 2.45) is 0 Å². The van der Waals surface area contributed by atoms with E-state index < -0.39 is 9.70 Å². The van der Waals surface area contributed by atoms with Crippen molar-refractivity contribution in [3.8, 4) is 0 Å². The van der Waals surface area contributed by atoms with Gasteiger partial charge < -0.3 is 10.6 Å². The van der Waals surface area contributed by atoms with E-state index in [-0.39, 0.29) is 0 Å². The van der Waals surface area contributed by atoms with E-state index in [0.717, 1.165) is 11.4 Å². The van der Waals surface area contributed by atoms with Crippen molar-refractivity contribution in [2.45, 2.75) is 17.6 Å². The number of aromatic nitrogens is 2. The Balaban J connectivity index is 2.16. The van der Waals surface area contributed by atoms with Gasteiger partial charge in [0.25, 0.3) is 9.70 Å². The lowest BCUT2D eigenvalue weighted by Crippen LogP contribution is -2.26. The first-order valence-corrected chi connectivity index (χ1v) is 7.45. The van der Waals surface area contributed by atoms with Crippen molar-refractivity contribution in [3.63, 3.8) is 0 Å². The van der Waals surface area contributed by atoms with Crippen molar-refractivity contribution < 1.29 is 4.79 Å². The van der Waals surface area contributed by atoms with E-state index in [1.165, 1.54) is 0 Å². The SMILES string of the molecule is Cc1cc(C)nc(Nc2cccc(NC(=O)C(Cl)(Cl)Cl)c2)n1. The van der Waals surface area contributed by atoms with E-state index in [4.69, 9.17) is 34.8 Å². The van der Waals surface area contributed by atoms with Crippen LogP contribution in [0, 0.1) is 13.8 Å². The molecule has 1 heterocycles. The van der Waals surface area contributed by atoms with E-state index in [9.17, 15) is 4.79 Å². The number of carbonyl (C=O) groups excluding carboxylic acids is 1. The molecule has 0 aliphatic rings. The normalized spacial score (nSPS) is 11.1. The summed E-state index contributed by atoms with van der Waals surface area (Å²) in [6.45, 7) is 3.77. The Hall–Kier alpha value is -1.56. The van der Waals surface area contributed by atoms with Gasteiger partial charge in [0.2, 0.25) is 5.95 Å². The van der Waals surface area contributed by atoms with Gasteiger partial charge in [-0.1, -0.05) is 40.9 Å². The molecule has 0 saturated carbocycles. The topological polar surface area (TPSA) is 66.9 Å². The molecule has 5 nitrogen and oxygen atoms in total.